The second-order valence-corrected chi connectivity index (χ2v) is 5.71. The molecule has 1 fully saturated rings. The van der Waals surface area contributed by atoms with Gasteiger partial charge in [-0.05, 0) is 43.9 Å². The maximum atomic E-state index is 11.8. The Labute approximate surface area is 119 Å². The van der Waals surface area contributed by atoms with Crippen LogP contribution in [0.2, 0.25) is 5.02 Å². The van der Waals surface area contributed by atoms with Crippen LogP contribution in [0.5, 0.6) is 0 Å². The summed E-state index contributed by atoms with van der Waals surface area (Å²) in [7, 11) is 0. The molecule has 19 heavy (non-hydrogen) atoms. The highest BCUT2D eigenvalue weighted by Gasteiger charge is 2.21. The van der Waals surface area contributed by atoms with Crippen LogP contribution in [-0.4, -0.2) is 18.5 Å². The maximum absolute atomic E-state index is 11.8. The Balaban J connectivity index is 1.75. The lowest BCUT2D eigenvalue weighted by molar-refractivity contribution is -0.115. The van der Waals surface area contributed by atoms with Crippen molar-refractivity contribution in [3.63, 3.8) is 0 Å². The first kappa shape index (κ1) is 14.4. The zero-order valence-corrected chi connectivity index (χ0v) is 12.0. The van der Waals surface area contributed by atoms with Crippen molar-refractivity contribution in [1.29, 1.82) is 0 Å². The molecule has 0 saturated heterocycles. The standard InChI is InChI=1S/C15H21ClN2O/c1-11(12-5-2-3-6-12)17-10-15(19)18-14-8-4-7-13(16)9-14/h4,7-9,11-12,17H,2-3,5-6,10H2,1H3,(H,18,19)/t11-/m1/s1. The molecular weight excluding hydrogens is 260 g/mol. The van der Waals surface area contributed by atoms with Gasteiger partial charge in [-0.3, -0.25) is 4.79 Å². The maximum Gasteiger partial charge on any atom is 0.238 e. The normalized spacial score (nSPS) is 17.4. The van der Waals surface area contributed by atoms with Crippen LogP contribution in [-0.2, 0) is 4.79 Å². The van der Waals surface area contributed by atoms with Gasteiger partial charge in [0.25, 0.3) is 0 Å². The van der Waals surface area contributed by atoms with Crippen LogP contribution in [0.4, 0.5) is 5.69 Å². The van der Waals surface area contributed by atoms with E-state index in [0.717, 1.165) is 11.6 Å². The predicted molar refractivity (Wildman–Crippen MR) is 79.5 cm³/mol. The fraction of sp³-hybridized carbons (Fsp3) is 0.533. The van der Waals surface area contributed by atoms with Crippen LogP contribution in [0.15, 0.2) is 24.3 Å². The van der Waals surface area contributed by atoms with Crippen LogP contribution in [0.25, 0.3) is 0 Å². The molecule has 1 aliphatic carbocycles. The molecule has 0 aliphatic heterocycles. The van der Waals surface area contributed by atoms with Gasteiger partial charge in [-0.15, -0.1) is 0 Å². The Morgan fingerprint density at radius 2 is 2.16 bits per heavy atom. The molecule has 4 heteroatoms. The van der Waals surface area contributed by atoms with Crippen molar-refractivity contribution < 1.29 is 4.79 Å². The number of rotatable bonds is 5. The predicted octanol–water partition coefficient (Wildman–Crippen LogP) is 3.45. The SMILES string of the molecule is C[C@@H](NCC(=O)Nc1cccc(Cl)c1)C1CCCC1. The van der Waals surface area contributed by atoms with E-state index in [-0.39, 0.29) is 5.91 Å². The van der Waals surface area contributed by atoms with Gasteiger partial charge in [-0.2, -0.15) is 0 Å². The summed E-state index contributed by atoms with van der Waals surface area (Å²) in [5.41, 5.74) is 0.743. The van der Waals surface area contributed by atoms with Crippen LogP contribution >= 0.6 is 11.6 Å². The second kappa shape index (κ2) is 6.92. The topological polar surface area (TPSA) is 41.1 Å². The molecule has 104 valence electrons. The molecule has 1 amide bonds. The van der Waals surface area contributed by atoms with E-state index in [1.807, 2.05) is 12.1 Å². The molecule has 0 unspecified atom stereocenters. The third kappa shape index (κ3) is 4.51. The number of anilines is 1. The van der Waals surface area contributed by atoms with Gasteiger partial charge in [-0.1, -0.05) is 30.5 Å². The van der Waals surface area contributed by atoms with Crippen molar-refractivity contribution in [2.24, 2.45) is 5.92 Å². The van der Waals surface area contributed by atoms with Crippen molar-refractivity contribution in [1.82, 2.24) is 5.32 Å². The summed E-state index contributed by atoms with van der Waals surface area (Å²) >= 11 is 5.87. The summed E-state index contributed by atoms with van der Waals surface area (Å²) in [5.74, 6) is 0.700. The zero-order chi connectivity index (χ0) is 13.7. The quantitative estimate of drug-likeness (QED) is 0.867. The summed E-state index contributed by atoms with van der Waals surface area (Å²) in [6.07, 6.45) is 5.21. The Kier molecular flexibility index (Phi) is 5.23. The van der Waals surface area contributed by atoms with Gasteiger partial charge in [0.1, 0.15) is 0 Å². The molecule has 3 nitrogen and oxygen atoms in total. The number of hydrogen-bond acceptors (Lipinski definition) is 2. The molecule has 2 N–H and O–H groups in total. The first-order valence-electron chi connectivity index (χ1n) is 6.94. The number of carbonyl (C=O) groups excluding carboxylic acids is 1. The fourth-order valence-electron chi connectivity index (χ4n) is 2.65. The largest absolute Gasteiger partial charge is 0.325 e. The van der Waals surface area contributed by atoms with Gasteiger partial charge in [0.2, 0.25) is 5.91 Å². The van der Waals surface area contributed by atoms with E-state index in [2.05, 4.69) is 17.6 Å². The van der Waals surface area contributed by atoms with Crippen LogP contribution in [0.1, 0.15) is 32.6 Å². The number of halogens is 1. The summed E-state index contributed by atoms with van der Waals surface area (Å²) < 4.78 is 0. The molecule has 0 heterocycles. The van der Waals surface area contributed by atoms with E-state index in [1.54, 1.807) is 12.1 Å². The second-order valence-electron chi connectivity index (χ2n) is 5.27. The van der Waals surface area contributed by atoms with Crippen molar-refractivity contribution in [2.75, 3.05) is 11.9 Å². The van der Waals surface area contributed by atoms with E-state index in [4.69, 9.17) is 11.6 Å². The molecule has 0 aromatic heterocycles. The van der Waals surface area contributed by atoms with Gasteiger partial charge in [0.05, 0.1) is 6.54 Å². The highest BCUT2D eigenvalue weighted by atomic mass is 35.5. The fourth-order valence-corrected chi connectivity index (χ4v) is 2.84. The minimum absolute atomic E-state index is 0.0212. The molecule has 1 saturated carbocycles. The summed E-state index contributed by atoms with van der Waals surface area (Å²) in [5, 5.41) is 6.79. The number of hydrogen-bond donors (Lipinski definition) is 2. The Hall–Kier alpha value is -1.06. The zero-order valence-electron chi connectivity index (χ0n) is 11.3. The molecule has 1 atom stereocenters. The van der Waals surface area contributed by atoms with E-state index in [0.29, 0.717) is 17.6 Å². The van der Waals surface area contributed by atoms with Gasteiger partial charge in [0, 0.05) is 16.8 Å². The van der Waals surface area contributed by atoms with Crippen molar-refractivity contribution in [3.8, 4) is 0 Å². The van der Waals surface area contributed by atoms with Crippen LogP contribution in [0, 0.1) is 5.92 Å². The Bertz CT molecular complexity index is 430. The third-order valence-electron chi connectivity index (χ3n) is 3.80. The molecule has 1 aromatic carbocycles. The number of carbonyl (C=O) groups is 1. The summed E-state index contributed by atoms with van der Waals surface area (Å²) in [6.45, 7) is 2.52. The van der Waals surface area contributed by atoms with Gasteiger partial charge in [-0.25, -0.2) is 0 Å². The van der Waals surface area contributed by atoms with E-state index in [9.17, 15) is 4.79 Å². The van der Waals surface area contributed by atoms with Gasteiger partial charge >= 0.3 is 0 Å². The lowest BCUT2D eigenvalue weighted by atomic mass is 10.00. The summed E-state index contributed by atoms with van der Waals surface area (Å²) in [4.78, 5) is 11.8. The Morgan fingerprint density at radius 1 is 1.42 bits per heavy atom. The average Bonchev–Trinajstić information content (AvgIpc) is 2.90. The van der Waals surface area contributed by atoms with E-state index < -0.39 is 0 Å². The smallest absolute Gasteiger partial charge is 0.238 e. The molecule has 1 aliphatic rings. The van der Waals surface area contributed by atoms with Gasteiger partial charge in [0.15, 0.2) is 0 Å². The van der Waals surface area contributed by atoms with E-state index in [1.165, 1.54) is 25.7 Å². The molecule has 0 bridgehead atoms. The highest BCUT2D eigenvalue weighted by molar-refractivity contribution is 6.30. The number of amides is 1. The van der Waals surface area contributed by atoms with E-state index >= 15 is 0 Å². The van der Waals surface area contributed by atoms with Gasteiger partial charge < -0.3 is 10.6 Å². The molecular formula is C15H21ClN2O. The minimum atomic E-state index is -0.0212. The molecule has 0 spiro atoms. The number of nitrogens with one attached hydrogen (secondary N) is 2. The first-order chi connectivity index (χ1) is 9.15. The van der Waals surface area contributed by atoms with Crippen molar-refractivity contribution >= 4 is 23.2 Å². The highest BCUT2D eigenvalue weighted by Crippen LogP contribution is 2.27. The van der Waals surface area contributed by atoms with Crippen LogP contribution in [0.3, 0.4) is 0 Å². The lowest BCUT2D eigenvalue weighted by Gasteiger charge is -2.20. The summed E-state index contributed by atoms with van der Waals surface area (Å²) in [6, 6.07) is 7.61. The van der Waals surface area contributed by atoms with Crippen molar-refractivity contribution in [3.05, 3.63) is 29.3 Å². The monoisotopic (exact) mass is 280 g/mol. The molecule has 2 rings (SSSR count). The number of benzene rings is 1. The average molecular weight is 281 g/mol. The lowest BCUT2D eigenvalue weighted by Crippen LogP contribution is -2.38. The molecule has 0 radical (unpaired) electrons. The Morgan fingerprint density at radius 3 is 2.84 bits per heavy atom. The van der Waals surface area contributed by atoms with Crippen molar-refractivity contribution in [2.45, 2.75) is 38.6 Å². The minimum Gasteiger partial charge on any atom is -0.325 e. The molecule has 1 aromatic rings. The third-order valence-corrected chi connectivity index (χ3v) is 4.04. The van der Waals surface area contributed by atoms with Crippen LogP contribution < -0.4 is 10.6 Å². The first-order valence-corrected chi connectivity index (χ1v) is 7.32.